The maximum absolute atomic E-state index is 14.1. The van der Waals surface area contributed by atoms with Crippen LogP contribution in [0.1, 0.15) is 92.3 Å². The molecule has 0 spiro atoms. The van der Waals surface area contributed by atoms with Gasteiger partial charge in [0.1, 0.15) is 17.2 Å². The van der Waals surface area contributed by atoms with Crippen LogP contribution in [0.4, 0.5) is 17.1 Å². The maximum atomic E-state index is 14.1. The van der Waals surface area contributed by atoms with Crippen molar-refractivity contribution in [2.24, 2.45) is 5.41 Å². The van der Waals surface area contributed by atoms with Gasteiger partial charge in [-0.1, -0.05) is 80.6 Å². The lowest BCUT2D eigenvalue weighted by atomic mass is 9.72. The first-order valence-corrected chi connectivity index (χ1v) is 25.6. The minimum atomic E-state index is -4.57. The summed E-state index contributed by atoms with van der Waals surface area (Å²) in [7, 11) is -4.57. The van der Waals surface area contributed by atoms with Crippen LogP contribution >= 0.6 is 11.6 Å². The number of hydrogen-bond acceptors (Lipinski definition) is 11. The number of sulfonamides is 1. The quantitative estimate of drug-likeness (QED) is 0.0920. The molecule has 2 N–H and O–H groups in total. The van der Waals surface area contributed by atoms with Gasteiger partial charge in [0.05, 0.1) is 28.6 Å². The van der Waals surface area contributed by atoms with E-state index in [1.165, 1.54) is 28.8 Å². The molecule has 2 heterocycles. The molecule has 354 valence electrons. The molecule has 0 radical (unpaired) electrons. The van der Waals surface area contributed by atoms with Gasteiger partial charge in [0, 0.05) is 80.7 Å². The number of nitro benzene ring substituents is 1. The molecule has 1 saturated carbocycles. The van der Waals surface area contributed by atoms with Crippen molar-refractivity contribution >= 4 is 56.2 Å². The van der Waals surface area contributed by atoms with Crippen molar-refractivity contribution in [1.82, 2.24) is 14.5 Å². The number of ether oxygens (including phenoxy) is 2. The molecule has 1 amide bonds. The molecule has 4 aromatic carbocycles. The topological polar surface area (TPSA) is 147 Å². The van der Waals surface area contributed by atoms with Crippen molar-refractivity contribution in [2.45, 2.75) is 82.1 Å². The number of nitrogens with one attached hydrogen (secondary N) is 2. The zero-order valence-electron chi connectivity index (χ0n) is 38.5. The van der Waals surface area contributed by atoms with E-state index in [1.807, 2.05) is 42.5 Å². The summed E-state index contributed by atoms with van der Waals surface area (Å²) in [5.74, 6) is -0.214. The minimum Gasteiger partial charge on any atom is -0.456 e. The molecule has 67 heavy (non-hydrogen) atoms. The second-order valence-electron chi connectivity index (χ2n) is 19.6. The lowest BCUT2D eigenvalue weighted by molar-refractivity contribution is -0.384. The molecule has 0 aromatic heterocycles. The Balaban J connectivity index is 0.923. The van der Waals surface area contributed by atoms with Gasteiger partial charge < -0.3 is 19.7 Å². The van der Waals surface area contributed by atoms with Crippen LogP contribution < -0.4 is 19.7 Å². The summed E-state index contributed by atoms with van der Waals surface area (Å²) in [5.41, 5.74) is 7.07. The molecule has 9 rings (SSSR count). The predicted octanol–water partition coefficient (Wildman–Crippen LogP) is 9.96. The minimum absolute atomic E-state index is 0.0116. The highest BCUT2D eigenvalue weighted by molar-refractivity contribution is 7.90. The van der Waals surface area contributed by atoms with Crippen LogP contribution in [0.2, 0.25) is 5.02 Å². The van der Waals surface area contributed by atoms with Crippen molar-refractivity contribution in [3.63, 3.8) is 0 Å². The third-order valence-electron chi connectivity index (χ3n) is 14.5. The van der Waals surface area contributed by atoms with E-state index in [0.717, 1.165) is 132 Å². The van der Waals surface area contributed by atoms with E-state index < -0.39 is 25.7 Å². The van der Waals surface area contributed by atoms with Crippen molar-refractivity contribution < 1.29 is 27.6 Å². The average Bonchev–Trinajstić information content (AvgIpc) is 3.80. The second kappa shape index (κ2) is 19.8. The van der Waals surface area contributed by atoms with Crippen LogP contribution in [0.25, 0.3) is 11.6 Å². The molecular weight excluding hydrogens is 888 g/mol. The van der Waals surface area contributed by atoms with Crippen molar-refractivity contribution in [3.05, 3.63) is 128 Å². The molecule has 0 bridgehead atoms. The predicted molar refractivity (Wildman–Crippen MR) is 265 cm³/mol. The second-order valence-corrected chi connectivity index (χ2v) is 21.7. The number of anilines is 2. The molecular formula is C52H61ClN6O7S. The van der Waals surface area contributed by atoms with Gasteiger partial charge in [0.25, 0.3) is 21.6 Å². The lowest BCUT2D eigenvalue weighted by Gasteiger charge is -2.48. The molecule has 0 unspecified atom stereocenters. The average molecular weight is 950 g/mol. The summed E-state index contributed by atoms with van der Waals surface area (Å²) in [6, 6.07) is 22.9. The van der Waals surface area contributed by atoms with E-state index in [2.05, 4.69) is 56.8 Å². The van der Waals surface area contributed by atoms with Gasteiger partial charge >= 0.3 is 0 Å². The third kappa shape index (κ3) is 10.7. The van der Waals surface area contributed by atoms with Gasteiger partial charge in [-0.2, -0.15) is 0 Å². The van der Waals surface area contributed by atoms with Gasteiger partial charge in [0.2, 0.25) is 0 Å². The van der Waals surface area contributed by atoms with E-state index in [9.17, 15) is 23.3 Å². The van der Waals surface area contributed by atoms with Gasteiger partial charge in [-0.25, -0.2) is 13.1 Å². The first-order chi connectivity index (χ1) is 32.2. The van der Waals surface area contributed by atoms with Crippen LogP contribution in [0.5, 0.6) is 11.5 Å². The van der Waals surface area contributed by atoms with Crippen LogP contribution in [0.3, 0.4) is 0 Å². The van der Waals surface area contributed by atoms with Crippen LogP contribution in [0, 0.1) is 15.5 Å². The molecule has 15 heteroatoms. The number of benzene rings is 4. The van der Waals surface area contributed by atoms with Gasteiger partial charge in [-0.15, -0.1) is 0 Å². The molecule has 3 fully saturated rings. The SMILES string of the molecule is CC1(C)CCC(CN2CCN(c3ccc(C(=O)NS(=O)(=O)c4ccc(NCC5(N6CCOCC6)CCCCC5)c([N+](=O)[O-])c4)c(Oc4ccc5c(c4)C=CC5)c3)CC2)=C(c2ccc(Cl)cc2)C1. The lowest BCUT2D eigenvalue weighted by Crippen LogP contribution is -2.58. The zero-order chi connectivity index (χ0) is 46.8. The van der Waals surface area contributed by atoms with Crippen LogP contribution in [0.15, 0.2) is 95.4 Å². The van der Waals surface area contributed by atoms with E-state index in [1.54, 1.807) is 12.1 Å². The highest BCUT2D eigenvalue weighted by Crippen LogP contribution is 2.44. The number of halogens is 1. The molecule has 5 aliphatic rings. The largest absolute Gasteiger partial charge is 0.456 e. The highest BCUT2D eigenvalue weighted by atomic mass is 35.5. The summed E-state index contributed by atoms with van der Waals surface area (Å²) >= 11 is 6.26. The Kier molecular flexibility index (Phi) is 13.8. The summed E-state index contributed by atoms with van der Waals surface area (Å²) in [5, 5.41) is 16.5. The van der Waals surface area contributed by atoms with Crippen LogP contribution in [-0.4, -0.2) is 100 Å². The summed E-state index contributed by atoms with van der Waals surface area (Å²) in [4.78, 5) is 32.8. The van der Waals surface area contributed by atoms with E-state index in [-0.39, 0.29) is 33.6 Å². The van der Waals surface area contributed by atoms with Gasteiger partial charge in [-0.3, -0.25) is 24.7 Å². The zero-order valence-corrected chi connectivity index (χ0v) is 40.1. The normalized spacial score (nSPS) is 19.8. The number of nitrogens with zero attached hydrogens (tertiary/aromatic N) is 4. The van der Waals surface area contributed by atoms with E-state index >= 15 is 0 Å². The molecule has 2 saturated heterocycles. The fourth-order valence-corrected chi connectivity index (χ4v) is 11.7. The standard InChI is InChI=1S/C52H61ClN6O7S/c1-51(2)22-19-40(46(34-51)38-9-12-41(53)13-10-38)35-56-23-25-57(26-24-56)42-14-17-45(49(32-42)66-43-15-11-37-7-6-8-39(37)31-43)50(60)55-67(63,64)44-16-18-47(48(33-44)59(61)62)54-36-52(20-4-3-5-21-52)58-27-29-65-30-28-58/h6,8-18,31-33,54H,3-5,7,19-30,34-36H2,1-2H3,(H,55,60). The Bertz CT molecular complexity index is 2670. The smallest absolute Gasteiger partial charge is 0.293 e. The third-order valence-corrected chi connectivity index (χ3v) is 16.1. The van der Waals surface area contributed by atoms with Crippen LogP contribution in [-0.2, 0) is 21.2 Å². The van der Waals surface area contributed by atoms with E-state index in [0.29, 0.717) is 25.5 Å². The number of carbonyl (C=O) groups excluding carboxylic acids is 1. The molecule has 4 aromatic rings. The number of rotatable bonds is 14. The fraction of sp³-hybridized carbons (Fsp3) is 0.442. The Morgan fingerprint density at radius 2 is 1.66 bits per heavy atom. The highest BCUT2D eigenvalue weighted by Gasteiger charge is 2.39. The van der Waals surface area contributed by atoms with Crippen molar-refractivity contribution in [3.8, 4) is 11.5 Å². The Morgan fingerprint density at radius 3 is 2.40 bits per heavy atom. The first kappa shape index (κ1) is 46.8. The van der Waals surface area contributed by atoms with Crippen molar-refractivity contribution in [2.75, 3.05) is 75.8 Å². The number of fused-ring (bicyclic) bond motifs is 1. The number of piperazine rings is 1. The van der Waals surface area contributed by atoms with Gasteiger partial charge in [-0.05, 0) is 115 Å². The Morgan fingerprint density at radius 1 is 0.896 bits per heavy atom. The Labute approximate surface area is 399 Å². The summed E-state index contributed by atoms with van der Waals surface area (Å²) in [6.07, 6.45) is 13.4. The number of hydrogen-bond donors (Lipinski definition) is 2. The van der Waals surface area contributed by atoms with E-state index in [4.69, 9.17) is 21.1 Å². The first-order valence-electron chi connectivity index (χ1n) is 23.7. The van der Waals surface area contributed by atoms with Gasteiger partial charge in [0.15, 0.2) is 0 Å². The molecule has 13 nitrogen and oxygen atoms in total. The van der Waals surface area contributed by atoms with Crippen molar-refractivity contribution in [1.29, 1.82) is 0 Å². The molecule has 3 aliphatic carbocycles. The molecule has 0 atom stereocenters. The summed E-state index contributed by atoms with van der Waals surface area (Å²) < 4.78 is 42.1. The number of nitro groups is 1. The number of morpholine rings is 1. The summed E-state index contributed by atoms with van der Waals surface area (Å²) in [6.45, 7) is 12.1. The monoisotopic (exact) mass is 948 g/mol. The Hall–Kier alpha value is -5.25. The number of carbonyl (C=O) groups is 1. The molecule has 2 aliphatic heterocycles. The number of amides is 1. The maximum Gasteiger partial charge on any atom is 0.293 e. The fourth-order valence-electron chi connectivity index (χ4n) is 10.6. The number of allylic oxidation sites excluding steroid dienone is 2.